The van der Waals surface area contributed by atoms with Crippen LogP contribution < -0.4 is 20.2 Å². The van der Waals surface area contributed by atoms with E-state index >= 15 is 0 Å². The first kappa shape index (κ1) is 32.4. The highest BCUT2D eigenvalue weighted by Gasteiger charge is 2.28. The number of aliphatic imine (C=N–C) groups is 1. The molecule has 3 heterocycles. The molecule has 2 aliphatic rings. The number of rotatable bonds is 13. The van der Waals surface area contributed by atoms with Gasteiger partial charge in [-0.25, -0.2) is 14.8 Å². The van der Waals surface area contributed by atoms with E-state index < -0.39 is 12.3 Å². The Kier molecular flexibility index (Phi) is 10.2. The lowest BCUT2D eigenvalue weighted by atomic mass is 10.00. The van der Waals surface area contributed by atoms with Crippen LogP contribution in [0.1, 0.15) is 44.7 Å². The van der Waals surface area contributed by atoms with Crippen LogP contribution in [0.2, 0.25) is 0 Å². The first-order valence-electron chi connectivity index (χ1n) is 15.5. The summed E-state index contributed by atoms with van der Waals surface area (Å²) < 4.78 is 27.5. The predicted molar refractivity (Wildman–Crippen MR) is 175 cm³/mol. The minimum Gasteiger partial charge on any atom is -0.460 e. The second kappa shape index (κ2) is 14.4. The van der Waals surface area contributed by atoms with Gasteiger partial charge in [0.1, 0.15) is 29.5 Å². The molecule has 11 nitrogen and oxygen atoms in total. The van der Waals surface area contributed by atoms with Crippen LogP contribution in [-0.2, 0) is 29.0 Å². The Morgan fingerprint density at radius 2 is 1.91 bits per heavy atom. The van der Waals surface area contributed by atoms with Crippen LogP contribution >= 0.6 is 0 Å². The number of hydrogen-bond acceptors (Lipinski definition) is 8. The molecule has 2 amide bonds. The number of halogens is 1. The van der Waals surface area contributed by atoms with E-state index in [1.54, 1.807) is 62.0 Å². The van der Waals surface area contributed by atoms with Crippen LogP contribution in [0.4, 0.5) is 10.1 Å². The maximum absolute atomic E-state index is 14.2. The Balaban J connectivity index is 1.53. The summed E-state index contributed by atoms with van der Waals surface area (Å²) in [5, 5.41) is 9.27. The zero-order valence-electron chi connectivity index (χ0n) is 26.8. The van der Waals surface area contributed by atoms with Crippen molar-refractivity contribution in [3.8, 4) is 28.5 Å². The molecule has 1 unspecified atom stereocenters. The standard InChI is InChI=1S/C34H40FN7O4/c1-6-8-10-24-11-12-25(17-23(24)7-2)46-26-13-14-30(45-22(3)35)27(18-26)32-29(20-41(39-32)21-31(43)40(4)5)38-34(44)28-19-37-42-16-9-15-36-33(28)42/h9,11-18,20,22,37H,6-8,10,19,21H2,1-5H3,(H,38,44). The normalized spacial score (nSPS) is 14.3. The van der Waals surface area contributed by atoms with E-state index in [1.807, 2.05) is 12.1 Å². The number of likely N-dealkylation sites (N-methyl/N-ethyl adjacent to an activating group) is 1. The topological polar surface area (TPSA) is 113 Å². The summed E-state index contributed by atoms with van der Waals surface area (Å²) in [6.07, 6.45) is 9.22. The molecule has 0 radical (unpaired) electrons. The number of nitrogens with zero attached hydrogens (tertiary/aromatic N) is 5. The highest BCUT2D eigenvalue weighted by molar-refractivity contribution is 6.07. The van der Waals surface area contributed by atoms with Crippen LogP contribution in [0.25, 0.3) is 11.3 Å². The first-order valence-corrected chi connectivity index (χ1v) is 15.5. The number of carbonyl (C=O) groups is 2. The van der Waals surface area contributed by atoms with Crippen LogP contribution in [0, 0.1) is 0 Å². The van der Waals surface area contributed by atoms with E-state index in [2.05, 4.69) is 40.7 Å². The Hall–Kier alpha value is -4.97. The molecular formula is C34H40FN7O4. The van der Waals surface area contributed by atoms with Gasteiger partial charge in [-0.15, -0.1) is 0 Å². The minimum absolute atomic E-state index is 0.0791. The molecule has 0 spiro atoms. The maximum Gasteiger partial charge on any atom is 0.256 e. The average Bonchev–Trinajstić information content (AvgIpc) is 3.64. The fourth-order valence-corrected chi connectivity index (χ4v) is 5.20. The summed E-state index contributed by atoms with van der Waals surface area (Å²) in [6.45, 7) is 5.77. The molecule has 0 saturated carbocycles. The number of unbranched alkanes of at least 4 members (excludes halogenated alkanes) is 1. The molecule has 5 rings (SSSR count). The van der Waals surface area contributed by atoms with Gasteiger partial charge >= 0.3 is 0 Å². The van der Waals surface area contributed by atoms with Crippen molar-refractivity contribution in [3.63, 3.8) is 0 Å². The first-order chi connectivity index (χ1) is 22.2. The van der Waals surface area contributed by atoms with E-state index in [-0.39, 0.29) is 30.4 Å². The number of aryl methyl sites for hydroxylation is 2. The number of hydrazine groups is 1. The van der Waals surface area contributed by atoms with Gasteiger partial charge in [-0.3, -0.25) is 19.3 Å². The number of benzene rings is 2. The molecule has 0 aliphatic carbocycles. The largest absolute Gasteiger partial charge is 0.460 e. The van der Waals surface area contributed by atoms with Crippen molar-refractivity contribution in [2.45, 2.75) is 59.4 Å². The van der Waals surface area contributed by atoms with Gasteiger partial charge in [-0.05, 0) is 66.8 Å². The predicted octanol–water partition coefficient (Wildman–Crippen LogP) is 5.60. The zero-order valence-corrected chi connectivity index (χ0v) is 26.8. The second-order valence-corrected chi connectivity index (χ2v) is 11.3. The third-order valence-electron chi connectivity index (χ3n) is 7.61. The Bertz CT molecular complexity index is 1690. The van der Waals surface area contributed by atoms with Crippen LogP contribution in [0.15, 0.2) is 71.3 Å². The number of anilines is 1. The van der Waals surface area contributed by atoms with E-state index in [4.69, 9.17) is 9.47 Å². The number of allylic oxidation sites excluding steroid dienone is 1. The van der Waals surface area contributed by atoms with Crippen LogP contribution in [0.5, 0.6) is 17.2 Å². The highest BCUT2D eigenvalue weighted by Crippen LogP contribution is 2.39. The second-order valence-electron chi connectivity index (χ2n) is 11.3. The van der Waals surface area contributed by atoms with Crippen molar-refractivity contribution in [3.05, 3.63) is 77.4 Å². The van der Waals surface area contributed by atoms with Gasteiger partial charge in [0.15, 0.2) is 5.82 Å². The molecule has 0 bridgehead atoms. The van der Waals surface area contributed by atoms with Crippen LogP contribution in [0.3, 0.4) is 0 Å². The smallest absolute Gasteiger partial charge is 0.256 e. The molecule has 12 heteroatoms. The van der Waals surface area contributed by atoms with Gasteiger partial charge in [0, 0.05) is 46.2 Å². The van der Waals surface area contributed by atoms with Gasteiger partial charge in [-0.2, -0.15) is 5.10 Å². The van der Waals surface area contributed by atoms with Crippen molar-refractivity contribution in [2.75, 3.05) is 26.0 Å². The summed E-state index contributed by atoms with van der Waals surface area (Å²) >= 11 is 0. The molecule has 1 aromatic heterocycles. The quantitative estimate of drug-likeness (QED) is 0.253. The lowest BCUT2D eigenvalue weighted by Gasteiger charge is -2.16. The van der Waals surface area contributed by atoms with Crippen molar-refractivity contribution >= 4 is 23.7 Å². The average molecular weight is 630 g/mol. The van der Waals surface area contributed by atoms with Gasteiger partial charge in [0.05, 0.1) is 16.8 Å². The minimum atomic E-state index is -1.62. The Morgan fingerprint density at radius 3 is 2.65 bits per heavy atom. The third-order valence-corrected chi connectivity index (χ3v) is 7.61. The van der Waals surface area contributed by atoms with Gasteiger partial charge in [-0.1, -0.05) is 26.3 Å². The molecular weight excluding hydrogens is 589 g/mol. The summed E-state index contributed by atoms with van der Waals surface area (Å²) in [4.78, 5) is 31.9. The number of alkyl halides is 1. The van der Waals surface area contributed by atoms with Gasteiger partial charge in [0.2, 0.25) is 12.3 Å². The van der Waals surface area contributed by atoms with Gasteiger partial charge < -0.3 is 19.7 Å². The Labute approximate surface area is 268 Å². The number of nitrogens with one attached hydrogen (secondary N) is 2. The number of aromatic nitrogens is 2. The molecule has 0 fully saturated rings. The fraction of sp³-hybridized carbons (Fsp3) is 0.353. The molecule has 46 heavy (non-hydrogen) atoms. The number of ether oxygens (including phenoxy) is 2. The summed E-state index contributed by atoms with van der Waals surface area (Å²) in [6, 6.07) is 11.1. The summed E-state index contributed by atoms with van der Waals surface area (Å²) in [7, 11) is 3.30. The summed E-state index contributed by atoms with van der Waals surface area (Å²) in [5.74, 6) is 1.22. The van der Waals surface area contributed by atoms with Crippen molar-refractivity contribution in [1.82, 2.24) is 25.1 Å². The highest BCUT2D eigenvalue weighted by atomic mass is 19.1. The lowest BCUT2D eigenvalue weighted by molar-refractivity contribution is -0.129. The molecule has 242 valence electrons. The van der Waals surface area contributed by atoms with E-state index in [0.29, 0.717) is 34.1 Å². The van der Waals surface area contributed by atoms with Gasteiger partial charge in [0.25, 0.3) is 5.91 Å². The molecule has 2 aromatic carbocycles. The van der Waals surface area contributed by atoms with E-state index in [1.165, 1.54) is 27.6 Å². The van der Waals surface area contributed by atoms with Crippen LogP contribution in [-0.4, -0.2) is 64.7 Å². The third kappa shape index (κ3) is 7.45. The zero-order chi connectivity index (χ0) is 32.8. The SMILES string of the molecule is CCCCc1ccc(Oc2ccc(OC(C)F)c(-c3nn(CC(=O)N(C)C)cc3NC(=O)C3=C4N=CC=CN4NC3)c2)cc1CC. The molecule has 1 atom stereocenters. The molecule has 3 aromatic rings. The van der Waals surface area contributed by atoms with Crippen molar-refractivity contribution < 1.29 is 23.5 Å². The molecule has 2 aliphatic heterocycles. The molecule has 0 saturated heterocycles. The molecule has 2 N–H and O–H groups in total. The number of amides is 2. The van der Waals surface area contributed by atoms with Crippen molar-refractivity contribution in [2.24, 2.45) is 4.99 Å². The maximum atomic E-state index is 14.2. The monoisotopic (exact) mass is 629 g/mol. The van der Waals surface area contributed by atoms with Crippen molar-refractivity contribution in [1.29, 1.82) is 0 Å². The van der Waals surface area contributed by atoms with E-state index in [9.17, 15) is 14.0 Å². The fourth-order valence-electron chi connectivity index (χ4n) is 5.20. The Morgan fingerprint density at radius 1 is 1.13 bits per heavy atom. The van der Waals surface area contributed by atoms with E-state index in [0.717, 1.165) is 25.7 Å². The number of hydrogen-bond donors (Lipinski definition) is 2. The number of fused-ring (bicyclic) bond motifs is 1. The summed E-state index contributed by atoms with van der Waals surface area (Å²) in [5.41, 5.74) is 7.02. The lowest BCUT2D eigenvalue weighted by Crippen LogP contribution is -2.27. The number of carbonyl (C=O) groups excluding carboxylic acids is 2.